The number of rotatable bonds is 10. The number of carbonyl (C=O) groups is 4. The van der Waals surface area contributed by atoms with E-state index in [-0.39, 0.29) is 60.5 Å². The van der Waals surface area contributed by atoms with Crippen LogP contribution < -0.4 is 29.6 Å². The summed E-state index contributed by atoms with van der Waals surface area (Å²) in [4.78, 5) is 62.4. The zero-order valence-corrected chi connectivity index (χ0v) is 34.1. The molecule has 2 aliphatic carbocycles. The highest BCUT2D eigenvalue weighted by Gasteiger charge is 2.63. The number of amides is 4. The van der Waals surface area contributed by atoms with Crippen molar-refractivity contribution in [1.82, 2.24) is 35.0 Å². The number of ether oxygens (including phenoxy) is 3. The highest BCUT2D eigenvalue weighted by molar-refractivity contribution is 7.91. The second kappa shape index (κ2) is 15.8. The minimum Gasteiger partial charge on any atom is -0.491 e. The van der Waals surface area contributed by atoms with E-state index in [0.29, 0.717) is 31.1 Å². The van der Waals surface area contributed by atoms with Gasteiger partial charge in [0.05, 0.1) is 24.5 Å². The van der Waals surface area contributed by atoms with Gasteiger partial charge in [0.1, 0.15) is 40.7 Å². The number of fused-ring (bicyclic) bond motifs is 3. The number of aromatic nitrogens is 3. The number of halogens is 1. The van der Waals surface area contributed by atoms with E-state index in [1.165, 1.54) is 34.9 Å². The summed E-state index contributed by atoms with van der Waals surface area (Å²) in [6.07, 6.45) is 8.22. The Morgan fingerprint density at radius 1 is 1.12 bits per heavy atom. The maximum atomic E-state index is 14.9. The van der Waals surface area contributed by atoms with Gasteiger partial charge in [-0.3, -0.25) is 28.6 Å². The molecule has 7 rings (SSSR count). The summed E-state index contributed by atoms with van der Waals surface area (Å²) in [5.41, 5.74) is -1.31. The summed E-state index contributed by atoms with van der Waals surface area (Å²) in [7, 11) is -1.04. The van der Waals surface area contributed by atoms with E-state index in [4.69, 9.17) is 14.2 Å². The number of nitrogens with one attached hydrogen (secondary N) is 3. The van der Waals surface area contributed by atoms with E-state index in [9.17, 15) is 32.0 Å². The number of nitrogens with zero attached hydrogens (tertiary/aromatic N) is 4. The second-order valence-electron chi connectivity index (χ2n) is 16.2. The quantitative estimate of drug-likeness (QED) is 0.253. The van der Waals surface area contributed by atoms with Crippen LogP contribution in [0.5, 0.6) is 17.4 Å². The van der Waals surface area contributed by atoms with Crippen LogP contribution in [-0.2, 0) is 31.5 Å². The summed E-state index contributed by atoms with van der Waals surface area (Å²) in [5.74, 6) is -3.49. The zero-order chi connectivity index (χ0) is 41.6. The van der Waals surface area contributed by atoms with Gasteiger partial charge < -0.3 is 29.7 Å². The SMILES string of the molecule is COc1c(F)ccc2c(O[C@@H]3C[C@H]4C(=O)N[C@]5(C(=O)NS(=O)(=O)C6(C)CC6)C[C@H]5/C=C\CCCCC[C@H](NC(=O)c5ccn(C)n5)C(=O)N4C3)cc(OC(C)C)nc12. The van der Waals surface area contributed by atoms with Gasteiger partial charge >= 0.3 is 0 Å². The summed E-state index contributed by atoms with van der Waals surface area (Å²) in [5, 5.41) is 10.3. The van der Waals surface area contributed by atoms with Crippen LogP contribution in [0.3, 0.4) is 0 Å². The Hall–Kier alpha value is -5.26. The van der Waals surface area contributed by atoms with Crippen LogP contribution in [0.15, 0.2) is 42.6 Å². The molecule has 312 valence electrons. The lowest BCUT2D eigenvalue weighted by Crippen LogP contribution is -2.58. The minimum atomic E-state index is -4.03. The molecule has 0 bridgehead atoms. The Morgan fingerprint density at radius 3 is 2.59 bits per heavy atom. The van der Waals surface area contributed by atoms with Crippen molar-refractivity contribution in [2.75, 3.05) is 13.7 Å². The van der Waals surface area contributed by atoms with Crippen LogP contribution >= 0.6 is 0 Å². The van der Waals surface area contributed by atoms with Crippen LogP contribution in [0.25, 0.3) is 10.9 Å². The van der Waals surface area contributed by atoms with Crippen LogP contribution in [0.4, 0.5) is 4.39 Å². The second-order valence-corrected chi connectivity index (χ2v) is 18.4. The number of methoxy groups -OCH3 is 1. The Balaban J connectivity index is 1.23. The fraction of sp³-hybridized carbons (Fsp3) is 0.550. The molecule has 2 aromatic heterocycles. The molecule has 3 aromatic rings. The maximum absolute atomic E-state index is 14.9. The Kier molecular flexibility index (Phi) is 11.2. The molecule has 58 heavy (non-hydrogen) atoms. The predicted molar refractivity (Wildman–Crippen MR) is 209 cm³/mol. The molecule has 18 heteroatoms. The molecule has 1 aromatic carbocycles. The van der Waals surface area contributed by atoms with E-state index in [1.54, 1.807) is 40.1 Å². The number of carbonyl (C=O) groups excluding carboxylic acids is 4. The first-order valence-electron chi connectivity index (χ1n) is 19.7. The Morgan fingerprint density at radius 2 is 1.90 bits per heavy atom. The lowest BCUT2D eigenvalue weighted by Gasteiger charge is -2.30. The first kappa shape index (κ1) is 40.9. The third-order valence-corrected chi connectivity index (χ3v) is 13.6. The van der Waals surface area contributed by atoms with Crippen molar-refractivity contribution < 1.29 is 46.2 Å². The van der Waals surface area contributed by atoms with Crippen LogP contribution in [0.1, 0.15) is 89.0 Å². The molecule has 2 aliphatic heterocycles. The van der Waals surface area contributed by atoms with Gasteiger partial charge in [0, 0.05) is 37.0 Å². The van der Waals surface area contributed by atoms with Gasteiger partial charge in [-0.1, -0.05) is 25.0 Å². The molecular formula is C40H50FN7O9S. The monoisotopic (exact) mass is 823 g/mol. The van der Waals surface area contributed by atoms with Crippen molar-refractivity contribution in [3.63, 3.8) is 0 Å². The van der Waals surface area contributed by atoms with Crippen molar-refractivity contribution in [3.05, 3.63) is 54.1 Å². The average molecular weight is 824 g/mol. The molecule has 1 saturated heterocycles. The summed E-state index contributed by atoms with van der Waals surface area (Å²) in [6.45, 7) is 5.07. The number of sulfonamides is 1. The van der Waals surface area contributed by atoms with E-state index in [1.807, 2.05) is 12.2 Å². The molecule has 5 atom stereocenters. The zero-order valence-electron chi connectivity index (χ0n) is 33.2. The summed E-state index contributed by atoms with van der Waals surface area (Å²) < 4.78 is 61.7. The molecule has 0 spiro atoms. The van der Waals surface area contributed by atoms with Gasteiger partial charge in [0.15, 0.2) is 11.6 Å². The van der Waals surface area contributed by atoms with Gasteiger partial charge in [-0.25, -0.2) is 17.8 Å². The highest BCUT2D eigenvalue weighted by Crippen LogP contribution is 2.48. The smallest absolute Gasteiger partial charge is 0.272 e. The molecular weight excluding hydrogens is 774 g/mol. The lowest BCUT2D eigenvalue weighted by molar-refractivity contribution is -0.141. The largest absolute Gasteiger partial charge is 0.491 e. The highest BCUT2D eigenvalue weighted by atomic mass is 32.2. The van der Waals surface area contributed by atoms with Crippen LogP contribution in [0, 0.1) is 11.7 Å². The molecule has 3 N–H and O–H groups in total. The third kappa shape index (κ3) is 8.20. The van der Waals surface area contributed by atoms with Gasteiger partial charge in [0.25, 0.3) is 11.8 Å². The molecule has 16 nitrogen and oxygen atoms in total. The van der Waals surface area contributed by atoms with E-state index >= 15 is 0 Å². The first-order valence-corrected chi connectivity index (χ1v) is 21.2. The lowest BCUT2D eigenvalue weighted by atomic mass is 10.0. The van der Waals surface area contributed by atoms with Gasteiger partial charge in [-0.05, 0) is 77.5 Å². The number of aryl methyl sites for hydroxylation is 1. The van der Waals surface area contributed by atoms with Gasteiger partial charge in [-0.15, -0.1) is 0 Å². The average Bonchev–Trinajstić information content (AvgIpc) is 3.96. The Bertz CT molecular complexity index is 2260. The summed E-state index contributed by atoms with van der Waals surface area (Å²) in [6, 6.07) is 3.55. The fourth-order valence-corrected chi connectivity index (χ4v) is 8.99. The number of hydrogen-bond acceptors (Lipinski definition) is 11. The molecule has 0 radical (unpaired) electrons. The van der Waals surface area contributed by atoms with Gasteiger partial charge in [0.2, 0.25) is 27.7 Å². The van der Waals surface area contributed by atoms with Crippen molar-refractivity contribution in [3.8, 4) is 17.4 Å². The van der Waals surface area contributed by atoms with Crippen molar-refractivity contribution >= 4 is 44.6 Å². The summed E-state index contributed by atoms with van der Waals surface area (Å²) >= 11 is 0. The first-order chi connectivity index (χ1) is 27.5. The number of pyridine rings is 1. The molecule has 4 amide bonds. The predicted octanol–water partition coefficient (Wildman–Crippen LogP) is 3.44. The normalized spacial score (nSPS) is 26.4. The third-order valence-electron chi connectivity index (χ3n) is 11.4. The van der Waals surface area contributed by atoms with E-state index in [2.05, 4.69) is 25.4 Å². The molecule has 4 aliphatic rings. The molecule has 2 saturated carbocycles. The van der Waals surface area contributed by atoms with E-state index < -0.39 is 73.9 Å². The minimum absolute atomic E-state index is 0.0461. The molecule has 3 fully saturated rings. The van der Waals surface area contributed by atoms with Crippen molar-refractivity contribution in [2.24, 2.45) is 13.0 Å². The topological polar surface area (TPSA) is 200 Å². The van der Waals surface area contributed by atoms with Crippen molar-refractivity contribution in [2.45, 2.75) is 113 Å². The van der Waals surface area contributed by atoms with Crippen molar-refractivity contribution in [1.29, 1.82) is 0 Å². The van der Waals surface area contributed by atoms with Crippen LogP contribution in [-0.4, -0.2) is 99.9 Å². The number of hydrogen-bond donors (Lipinski definition) is 3. The Labute approximate surface area is 336 Å². The van der Waals surface area contributed by atoms with Crippen LogP contribution in [0.2, 0.25) is 0 Å². The van der Waals surface area contributed by atoms with E-state index in [0.717, 1.165) is 12.8 Å². The maximum Gasteiger partial charge on any atom is 0.272 e. The molecule has 0 unspecified atom stereocenters. The molecule has 4 heterocycles. The fourth-order valence-electron chi connectivity index (χ4n) is 7.68. The number of benzene rings is 1. The standard InChI is InChI=1S/C40H50FN7O9S/c1-23(2)56-32-20-31(26-13-14-27(41)34(55-5)33(26)43-32)57-25-19-30-36(50)44-40(38(52)46-58(53,54)39(3)16-17-39)21-24(40)11-9-7-6-8-10-12-29(37(51)48(30)22-25)42-35(49)28-15-18-47(4)45-28/h9,11,13-15,18,20,23-25,29-30H,6-8,10,12,16-17,19,21-22H2,1-5H3,(H,42,49)(H,44,50)(H,46,52)/b11-9-/t24-,25-,29+,30+,40-/m1/s1. The van der Waals surface area contributed by atoms with Gasteiger partial charge in [-0.2, -0.15) is 5.10 Å². The number of allylic oxidation sites excluding steroid dienone is 1.